The molecule has 0 unspecified atom stereocenters. The van der Waals surface area contributed by atoms with E-state index in [1.807, 2.05) is 16.8 Å². The molecule has 1 N–H and O–H groups in total. The highest BCUT2D eigenvalue weighted by molar-refractivity contribution is 7.07. The van der Waals surface area contributed by atoms with Gasteiger partial charge < -0.3 is 5.32 Å². The number of nitrogens with one attached hydrogen (secondary N) is 1. The van der Waals surface area contributed by atoms with Gasteiger partial charge in [0.2, 0.25) is 5.28 Å². The van der Waals surface area contributed by atoms with Gasteiger partial charge in [-0.25, -0.2) is 9.97 Å². The van der Waals surface area contributed by atoms with Gasteiger partial charge in [0.25, 0.3) is 0 Å². The van der Waals surface area contributed by atoms with Crippen molar-refractivity contribution in [3.05, 3.63) is 39.4 Å². The molecule has 0 aromatic carbocycles. The molecule has 0 spiro atoms. The van der Waals surface area contributed by atoms with Crippen LogP contribution in [0.4, 0.5) is 19.0 Å². The highest BCUT2D eigenvalue weighted by Crippen LogP contribution is 2.29. The summed E-state index contributed by atoms with van der Waals surface area (Å²) in [6, 6.07) is 2.70. The maximum Gasteiger partial charge on any atom is 0.433 e. The lowest BCUT2D eigenvalue weighted by molar-refractivity contribution is -0.141. The highest BCUT2D eigenvalue weighted by atomic mass is 35.5. The smallest absolute Gasteiger partial charge is 0.366 e. The summed E-state index contributed by atoms with van der Waals surface area (Å²) in [7, 11) is 0. The fourth-order valence-corrected chi connectivity index (χ4v) is 2.09. The van der Waals surface area contributed by atoms with Crippen LogP contribution in [0.25, 0.3) is 0 Å². The SMILES string of the molecule is FC(F)(F)c1cc(NCc2ccsc2)nc(Cl)n1. The topological polar surface area (TPSA) is 37.8 Å². The van der Waals surface area contributed by atoms with E-state index in [2.05, 4.69) is 15.3 Å². The summed E-state index contributed by atoms with van der Waals surface area (Å²) in [4.78, 5) is 6.83. The van der Waals surface area contributed by atoms with Crippen molar-refractivity contribution in [2.24, 2.45) is 0 Å². The van der Waals surface area contributed by atoms with Crippen LogP contribution >= 0.6 is 22.9 Å². The van der Waals surface area contributed by atoms with E-state index in [0.29, 0.717) is 6.54 Å². The van der Waals surface area contributed by atoms with Gasteiger partial charge in [0.15, 0.2) is 5.69 Å². The number of alkyl halides is 3. The Bertz CT molecular complexity index is 528. The predicted molar refractivity (Wildman–Crippen MR) is 63.7 cm³/mol. The van der Waals surface area contributed by atoms with Gasteiger partial charge in [-0.15, -0.1) is 0 Å². The van der Waals surface area contributed by atoms with Crippen LogP contribution in [0.3, 0.4) is 0 Å². The van der Waals surface area contributed by atoms with Crippen molar-refractivity contribution in [1.82, 2.24) is 9.97 Å². The van der Waals surface area contributed by atoms with Crippen molar-refractivity contribution < 1.29 is 13.2 Å². The molecule has 0 bridgehead atoms. The third-order valence-corrected chi connectivity index (χ3v) is 2.94. The Balaban J connectivity index is 2.15. The summed E-state index contributed by atoms with van der Waals surface area (Å²) >= 11 is 6.96. The summed E-state index contributed by atoms with van der Waals surface area (Å²) in [5.41, 5.74) is -0.0985. The molecule has 0 atom stereocenters. The van der Waals surface area contributed by atoms with Crippen LogP contribution in [0.2, 0.25) is 5.28 Å². The van der Waals surface area contributed by atoms with Crippen LogP contribution in [0.1, 0.15) is 11.3 Å². The third kappa shape index (κ3) is 3.33. The van der Waals surface area contributed by atoms with Crippen molar-refractivity contribution >= 4 is 28.8 Å². The lowest BCUT2D eigenvalue weighted by atomic mass is 10.3. The average molecular weight is 294 g/mol. The molecule has 8 heteroatoms. The van der Waals surface area contributed by atoms with E-state index in [1.165, 1.54) is 11.3 Å². The second-order valence-corrected chi connectivity index (χ2v) is 4.51. The molecule has 96 valence electrons. The molecule has 18 heavy (non-hydrogen) atoms. The Labute approximate surface area is 110 Å². The highest BCUT2D eigenvalue weighted by Gasteiger charge is 2.33. The zero-order chi connectivity index (χ0) is 13.2. The molecular weight excluding hydrogens is 287 g/mol. The molecule has 0 radical (unpaired) electrons. The zero-order valence-electron chi connectivity index (χ0n) is 8.83. The van der Waals surface area contributed by atoms with Crippen LogP contribution in [-0.2, 0) is 12.7 Å². The fourth-order valence-electron chi connectivity index (χ4n) is 1.24. The van der Waals surface area contributed by atoms with Gasteiger partial charge in [0.05, 0.1) is 0 Å². The normalized spacial score (nSPS) is 11.6. The molecule has 0 aliphatic rings. The largest absolute Gasteiger partial charge is 0.433 e. The van der Waals surface area contributed by atoms with Crippen molar-refractivity contribution in [3.8, 4) is 0 Å². The zero-order valence-corrected chi connectivity index (χ0v) is 10.4. The van der Waals surface area contributed by atoms with Crippen molar-refractivity contribution in [2.45, 2.75) is 12.7 Å². The van der Waals surface area contributed by atoms with Gasteiger partial charge in [0.1, 0.15) is 5.82 Å². The average Bonchev–Trinajstić information content (AvgIpc) is 2.77. The summed E-state index contributed by atoms with van der Waals surface area (Å²) in [5, 5.41) is 6.11. The minimum atomic E-state index is -4.54. The Morgan fingerprint density at radius 2 is 2.11 bits per heavy atom. The minimum absolute atomic E-state index is 0.0496. The molecule has 0 amide bonds. The Kier molecular flexibility index (Phi) is 3.72. The van der Waals surface area contributed by atoms with Crippen LogP contribution in [0, 0.1) is 0 Å². The van der Waals surface area contributed by atoms with Gasteiger partial charge >= 0.3 is 6.18 Å². The number of rotatable bonds is 3. The first-order chi connectivity index (χ1) is 8.45. The van der Waals surface area contributed by atoms with E-state index < -0.39 is 17.2 Å². The molecule has 0 saturated heterocycles. The van der Waals surface area contributed by atoms with Crippen molar-refractivity contribution in [3.63, 3.8) is 0 Å². The second kappa shape index (κ2) is 5.11. The summed E-state index contributed by atoms with van der Waals surface area (Å²) in [6.07, 6.45) is -4.54. The van der Waals surface area contributed by atoms with Crippen molar-refractivity contribution in [2.75, 3.05) is 5.32 Å². The number of thiophene rings is 1. The number of hydrogen-bond donors (Lipinski definition) is 1. The molecule has 2 rings (SSSR count). The molecule has 3 nitrogen and oxygen atoms in total. The van der Waals surface area contributed by atoms with Gasteiger partial charge in [-0.3, -0.25) is 0 Å². The minimum Gasteiger partial charge on any atom is -0.366 e. The van der Waals surface area contributed by atoms with Crippen LogP contribution in [-0.4, -0.2) is 9.97 Å². The lowest BCUT2D eigenvalue weighted by Gasteiger charge is -2.09. The van der Waals surface area contributed by atoms with Crippen LogP contribution in [0.5, 0.6) is 0 Å². The molecule has 0 aliphatic carbocycles. The summed E-state index contributed by atoms with van der Waals surface area (Å²) in [5.74, 6) is 0.0496. The predicted octanol–water partition coefficient (Wildman–Crippen LogP) is 3.82. The molecule has 2 aromatic heterocycles. The number of halogens is 4. The number of anilines is 1. The maximum atomic E-state index is 12.5. The fraction of sp³-hybridized carbons (Fsp3) is 0.200. The summed E-state index contributed by atoms with van der Waals surface area (Å²) < 4.78 is 37.5. The number of nitrogens with zero attached hydrogens (tertiary/aromatic N) is 2. The van der Waals surface area contributed by atoms with Gasteiger partial charge in [0, 0.05) is 12.6 Å². The van der Waals surface area contributed by atoms with Crippen LogP contribution in [0.15, 0.2) is 22.9 Å². The van der Waals surface area contributed by atoms with Crippen molar-refractivity contribution in [1.29, 1.82) is 0 Å². The molecule has 0 aliphatic heterocycles. The quantitative estimate of drug-likeness (QED) is 0.874. The lowest BCUT2D eigenvalue weighted by Crippen LogP contribution is -2.11. The number of aromatic nitrogens is 2. The maximum absolute atomic E-state index is 12.5. The Hall–Kier alpha value is -1.34. The standard InChI is InChI=1S/C10H7ClF3N3S/c11-9-16-7(10(12,13)14)3-8(17-9)15-4-6-1-2-18-5-6/h1-3,5H,4H2,(H,15,16,17). The Morgan fingerprint density at radius 3 is 2.72 bits per heavy atom. The van der Waals surface area contributed by atoms with E-state index in [-0.39, 0.29) is 5.82 Å². The van der Waals surface area contributed by atoms with E-state index >= 15 is 0 Å². The van der Waals surface area contributed by atoms with Gasteiger partial charge in [-0.05, 0) is 34.0 Å². The molecular formula is C10H7ClF3N3S. The first-order valence-corrected chi connectivity index (χ1v) is 6.14. The molecule has 0 saturated carbocycles. The van der Waals surface area contributed by atoms with Gasteiger partial charge in [-0.1, -0.05) is 0 Å². The monoisotopic (exact) mass is 293 g/mol. The molecule has 2 aromatic rings. The molecule has 2 heterocycles. The van der Waals surface area contributed by atoms with E-state index in [9.17, 15) is 13.2 Å². The van der Waals surface area contributed by atoms with E-state index in [1.54, 1.807) is 0 Å². The molecule has 0 fully saturated rings. The second-order valence-electron chi connectivity index (χ2n) is 3.39. The van der Waals surface area contributed by atoms with Gasteiger partial charge in [-0.2, -0.15) is 24.5 Å². The first-order valence-electron chi connectivity index (χ1n) is 4.82. The third-order valence-electron chi connectivity index (χ3n) is 2.04. The first kappa shape index (κ1) is 13.1. The van der Waals surface area contributed by atoms with E-state index in [0.717, 1.165) is 11.6 Å². The van der Waals surface area contributed by atoms with Crippen LogP contribution < -0.4 is 5.32 Å². The van der Waals surface area contributed by atoms with E-state index in [4.69, 9.17) is 11.6 Å². The number of hydrogen-bond acceptors (Lipinski definition) is 4. The Morgan fingerprint density at radius 1 is 1.33 bits per heavy atom. The summed E-state index contributed by atoms with van der Waals surface area (Å²) in [6.45, 7) is 0.383.